The van der Waals surface area contributed by atoms with Gasteiger partial charge in [-0.1, -0.05) is 30.3 Å². The van der Waals surface area contributed by atoms with Crippen molar-refractivity contribution in [2.24, 2.45) is 4.99 Å². The molecule has 0 bridgehead atoms. The first-order valence-corrected chi connectivity index (χ1v) is 8.78. The highest BCUT2D eigenvalue weighted by atomic mass is 32.9. The van der Waals surface area contributed by atoms with Crippen LogP contribution in [0.4, 0.5) is 16.0 Å². The summed E-state index contributed by atoms with van der Waals surface area (Å²) in [6.45, 7) is 0. The molecule has 1 aliphatic heterocycles. The lowest BCUT2D eigenvalue weighted by Gasteiger charge is -2.19. The van der Waals surface area contributed by atoms with Gasteiger partial charge < -0.3 is 5.11 Å². The number of aliphatic hydroxyl groups excluding tert-OH is 1. The van der Waals surface area contributed by atoms with Crippen LogP contribution in [0.15, 0.2) is 41.5 Å². The number of nitrogens with zero attached hydrogens (tertiary/aromatic N) is 1. The van der Waals surface area contributed by atoms with E-state index in [4.69, 9.17) is 5.11 Å². The number of hydrogen-bond acceptors (Lipinski definition) is 1. The van der Waals surface area contributed by atoms with E-state index in [1.165, 1.54) is 12.1 Å². The zero-order chi connectivity index (χ0) is 14.8. The summed E-state index contributed by atoms with van der Waals surface area (Å²) in [5.74, 6) is -1.24. The topological polar surface area (TPSA) is 32.6 Å². The van der Waals surface area contributed by atoms with Crippen molar-refractivity contribution in [3.8, 4) is 0 Å². The van der Waals surface area contributed by atoms with Crippen molar-refractivity contribution in [2.45, 2.75) is 12.2 Å². The highest BCUT2D eigenvalue weighted by Gasteiger charge is 2.31. The average Bonchev–Trinajstić information content (AvgIpc) is 2.79. The van der Waals surface area contributed by atoms with Gasteiger partial charge in [0.25, 0.3) is 5.30 Å². The van der Waals surface area contributed by atoms with Crippen molar-refractivity contribution >= 4 is 29.8 Å². The summed E-state index contributed by atoms with van der Waals surface area (Å²) in [6, 6.07) is 5.82. The Hall–Kier alpha value is -1.25. The molecule has 0 saturated carbocycles. The molecule has 0 aliphatic carbocycles. The predicted molar refractivity (Wildman–Crippen MR) is 77.2 cm³/mol. The van der Waals surface area contributed by atoms with E-state index in [0.717, 1.165) is 11.3 Å². The number of allylic oxidation sites excluding steroid dienone is 1. The van der Waals surface area contributed by atoms with Crippen LogP contribution in [-0.2, 0) is 24.5 Å². The fourth-order valence-electron chi connectivity index (χ4n) is 1.76. The molecule has 1 aromatic rings. The molecular weight excluding hydrogens is 314 g/mol. The molecule has 0 atom stereocenters. The van der Waals surface area contributed by atoms with E-state index >= 15 is 0 Å². The molecule has 0 unspecified atom stereocenters. The van der Waals surface area contributed by atoms with Crippen LogP contribution in [-0.4, -0.2) is 16.1 Å². The van der Waals surface area contributed by atoms with Gasteiger partial charge in [-0.15, -0.1) is 11.7 Å². The van der Waals surface area contributed by atoms with Crippen molar-refractivity contribution in [1.29, 1.82) is 0 Å². The number of hydrogen-bond donors (Lipinski definition) is 1. The number of aliphatic hydroxyl groups is 1. The first-order valence-electron chi connectivity index (χ1n) is 5.54. The van der Waals surface area contributed by atoms with Crippen LogP contribution in [0.1, 0.15) is 17.5 Å². The summed E-state index contributed by atoms with van der Waals surface area (Å²) < 4.78 is 52.3. The molecule has 20 heavy (non-hydrogen) atoms. The lowest BCUT2D eigenvalue weighted by Crippen LogP contribution is -2.15. The summed E-state index contributed by atoms with van der Waals surface area (Å²) >= 11 is 0. The maximum absolute atomic E-state index is 13.4. The van der Waals surface area contributed by atoms with Crippen LogP contribution < -0.4 is 0 Å². The van der Waals surface area contributed by atoms with Crippen molar-refractivity contribution < 1.29 is 21.2 Å². The van der Waals surface area contributed by atoms with Crippen LogP contribution in [0.5, 0.6) is 0 Å². The van der Waals surface area contributed by atoms with Crippen molar-refractivity contribution in [3.05, 3.63) is 47.7 Å². The number of aliphatic imine (C=N–C) groups is 1. The fraction of sp³-hybridized carbons (Fsp3) is 0.167. The minimum atomic E-state index is -6.56. The number of rotatable bonds is 3. The third-order valence-corrected chi connectivity index (χ3v) is 5.46. The molecule has 0 spiro atoms. The monoisotopic (exact) mass is 325 g/mol. The smallest absolute Gasteiger partial charge is 0.293 e. The SMILES string of the molecule is OC(F)=S=S(F)(F)(F)Cc1ccc(C2=NC=CC2)cc1. The molecule has 1 aromatic carbocycles. The summed E-state index contributed by atoms with van der Waals surface area (Å²) in [5.41, 5.74) is 1.60. The third kappa shape index (κ3) is 4.12. The molecular formula is C12H11F4NOS2. The molecule has 110 valence electrons. The average molecular weight is 325 g/mol. The minimum Gasteiger partial charge on any atom is -0.329 e. The summed E-state index contributed by atoms with van der Waals surface area (Å²) in [6.07, 6.45) is 4.17. The second-order valence-electron chi connectivity index (χ2n) is 4.15. The standard InChI is InChI=1S/C12H11F4NOS2/c13-12(18)19-20(14,15,16)8-9-3-5-10(6-4-9)11-2-1-7-17-11/h1,3-7,18H,2,8H2. The molecule has 0 radical (unpaired) electrons. The van der Waals surface area contributed by atoms with Gasteiger partial charge in [0.1, 0.15) is 0 Å². The Morgan fingerprint density at radius 2 is 1.90 bits per heavy atom. The van der Waals surface area contributed by atoms with E-state index in [1.54, 1.807) is 18.3 Å². The molecule has 2 rings (SSSR count). The fourth-order valence-corrected chi connectivity index (χ4v) is 4.12. The molecule has 0 fully saturated rings. The maximum Gasteiger partial charge on any atom is 0.293 e. The maximum atomic E-state index is 13.4. The lowest BCUT2D eigenvalue weighted by molar-refractivity contribution is 0.477. The van der Waals surface area contributed by atoms with Crippen LogP contribution in [0.25, 0.3) is 0 Å². The second kappa shape index (κ2) is 5.27. The lowest BCUT2D eigenvalue weighted by atomic mass is 10.1. The van der Waals surface area contributed by atoms with Gasteiger partial charge in [0.2, 0.25) is 0 Å². The van der Waals surface area contributed by atoms with Gasteiger partial charge in [0.15, 0.2) is 8.88 Å². The van der Waals surface area contributed by atoms with Gasteiger partial charge in [-0.3, -0.25) is 4.99 Å². The summed E-state index contributed by atoms with van der Waals surface area (Å²) in [5, 5.41) is 6.05. The third-order valence-electron chi connectivity index (χ3n) is 2.55. The summed E-state index contributed by atoms with van der Waals surface area (Å²) in [4.78, 5) is 4.09. The van der Waals surface area contributed by atoms with Crippen LogP contribution in [0.3, 0.4) is 0 Å². The highest BCUT2D eigenvalue weighted by molar-refractivity contribution is 8.47. The van der Waals surface area contributed by atoms with E-state index in [2.05, 4.69) is 4.99 Å². The van der Waals surface area contributed by atoms with Crippen molar-refractivity contribution in [3.63, 3.8) is 0 Å². The molecule has 1 N–H and O–H groups in total. The Morgan fingerprint density at radius 3 is 2.40 bits per heavy atom. The molecule has 0 amide bonds. The van der Waals surface area contributed by atoms with E-state index in [1.807, 2.05) is 6.08 Å². The van der Waals surface area contributed by atoms with Gasteiger partial charge in [0.05, 0.1) is 11.5 Å². The molecule has 0 aromatic heterocycles. The van der Waals surface area contributed by atoms with Gasteiger partial charge in [-0.25, -0.2) is 0 Å². The first-order chi connectivity index (χ1) is 9.23. The van der Waals surface area contributed by atoms with Gasteiger partial charge in [-0.2, -0.15) is 4.39 Å². The number of halogens is 4. The molecule has 0 saturated heterocycles. The predicted octanol–water partition coefficient (Wildman–Crippen LogP) is 3.85. The Balaban J connectivity index is 2.26. The van der Waals surface area contributed by atoms with Crippen LogP contribution in [0, 0.1) is 0 Å². The first kappa shape index (κ1) is 15.1. The van der Waals surface area contributed by atoms with E-state index < -0.39 is 29.8 Å². The summed E-state index contributed by atoms with van der Waals surface area (Å²) in [7, 11) is -7.59. The zero-order valence-corrected chi connectivity index (χ0v) is 11.7. The Morgan fingerprint density at radius 1 is 1.25 bits per heavy atom. The Labute approximate surface area is 116 Å². The quantitative estimate of drug-likeness (QED) is 0.511. The Bertz CT molecular complexity index is 682. The largest absolute Gasteiger partial charge is 0.329 e. The Kier molecular flexibility index (Phi) is 3.99. The molecule has 1 aliphatic rings. The molecule has 8 heteroatoms. The number of benzene rings is 1. The van der Waals surface area contributed by atoms with Crippen LogP contribution >= 0.6 is 0 Å². The van der Waals surface area contributed by atoms with E-state index in [-0.39, 0.29) is 5.56 Å². The van der Waals surface area contributed by atoms with Gasteiger partial charge in [-0.05, 0) is 11.1 Å². The molecule has 2 nitrogen and oxygen atoms in total. The highest BCUT2D eigenvalue weighted by Crippen LogP contribution is 2.37. The van der Waals surface area contributed by atoms with Gasteiger partial charge >= 0.3 is 0 Å². The second-order valence-corrected chi connectivity index (χ2v) is 8.90. The van der Waals surface area contributed by atoms with E-state index in [0.29, 0.717) is 6.42 Å². The van der Waals surface area contributed by atoms with Crippen LogP contribution in [0.2, 0.25) is 0 Å². The normalized spacial score (nSPS) is 16.4. The van der Waals surface area contributed by atoms with E-state index in [9.17, 15) is 16.0 Å². The zero-order valence-electron chi connectivity index (χ0n) is 10.1. The van der Waals surface area contributed by atoms with Crippen molar-refractivity contribution in [1.82, 2.24) is 0 Å². The molecule has 1 heterocycles. The van der Waals surface area contributed by atoms with Crippen molar-refractivity contribution in [2.75, 3.05) is 0 Å². The minimum absolute atomic E-state index is 0.0311. The van der Waals surface area contributed by atoms with Gasteiger partial charge in [0, 0.05) is 22.5 Å².